The van der Waals surface area contributed by atoms with Crippen molar-refractivity contribution in [3.8, 4) is 0 Å². The minimum atomic E-state index is -0.215. The zero-order valence-electron chi connectivity index (χ0n) is 9.85. The Morgan fingerprint density at radius 3 is 2.83 bits per heavy atom. The molecule has 0 aliphatic heterocycles. The Labute approximate surface area is 104 Å². The highest BCUT2D eigenvalue weighted by molar-refractivity contribution is 6.03. The van der Waals surface area contributed by atoms with E-state index in [1.807, 2.05) is 0 Å². The zero-order valence-corrected chi connectivity index (χ0v) is 9.85. The maximum Gasteiger partial charge on any atom is 0.278 e. The van der Waals surface area contributed by atoms with Crippen LogP contribution in [0.3, 0.4) is 0 Å². The van der Waals surface area contributed by atoms with E-state index in [0.29, 0.717) is 11.4 Å². The van der Waals surface area contributed by atoms with E-state index in [9.17, 15) is 4.79 Å². The molecule has 0 radical (unpaired) electrons. The van der Waals surface area contributed by atoms with Crippen LogP contribution >= 0.6 is 0 Å². The molecule has 1 aliphatic carbocycles. The van der Waals surface area contributed by atoms with Crippen LogP contribution in [0.15, 0.2) is 29.0 Å². The van der Waals surface area contributed by atoms with Gasteiger partial charge in [0.25, 0.3) is 5.91 Å². The van der Waals surface area contributed by atoms with Crippen molar-refractivity contribution >= 4 is 11.6 Å². The van der Waals surface area contributed by atoms with Gasteiger partial charge in [0.1, 0.15) is 5.76 Å². The van der Waals surface area contributed by atoms with E-state index < -0.39 is 0 Å². The van der Waals surface area contributed by atoms with E-state index in [1.54, 1.807) is 24.5 Å². The van der Waals surface area contributed by atoms with E-state index in [2.05, 4.69) is 15.5 Å². The Morgan fingerprint density at radius 2 is 2.00 bits per heavy atom. The largest absolute Gasteiger partial charge is 0.360 e. The highest BCUT2D eigenvalue weighted by atomic mass is 16.5. The Bertz CT molecular complexity index is 563. The van der Waals surface area contributed by atoms with Gasteiger partial charge in [0.15, 0.2) is 5.69 Å². The SMILES string of the molecule is O=C(Nc1ccncc1)c1noc2c1CCCC2. The van der Waals surface area contributed by atoms with E-state index in [0.717, 1.165) is 37.0 Å². The van der Waals surface area contributed by atoms with Crippen molar-refractivity contribution in [1.29, 1.82) is 0 Å². The highest BCUT2D eigenvalue weighted by Crippen LogP contribution is 2.24. The molecular weight excluding hydrogens is 230 g/mol. The summed E-state index contributed by atoms with van der Waals surface area (Å²) in [5.41, 5.74) is 2.09. The lowest BCUT2D eigenvalue weighted by Gasteiger charge is -2.09. The maximum atomic E-state index is 12.1. The van der Waals surface area contributed by atoms with Gasteiger partial charge in [-0.15, -0.1) is 0 Å². The fourth-order valence-electron chi connectivity index (χ4n) is 2.19. The molecule has 0 saturated carbocycles. The lowest BCUT2D eigenvalue weighted by molar-refractivity contribution is 0.101. The summed E-state index contributed by atoms with van der Waals surface area (Å²) in [4.78, 5) is 16.0. The molecule has 1 aliphatic rings. The van der Waals surface area contributed by atoms with E-state index in [1.165, 1.54) is 0 Å². The van der Waals surface area contributed by atoms with Gasteiger partial charge in [0.2, 0.25) is 0 Å². The van der Waals surface area contributed by atoms with E-state index in [-0.39, 0.29) is 5.91 Å². The first-order chi connectivity index (χ1) is 8.84. The topological polar surface area (TPSA) is 68.0 Å². The number of aromatic nitrogens is 2. The van der Waals surface area contributed by atoms with Crippen molar-refractivity contribution in [2.75, 3.05) is 5.32 Å². The molecule has 5 heteroatoms. The van der Waals surface area contributed by atoms with Crippen LogP contribution < -0.4 is 5.32 Å². The van der Waals surface area contributed by atoms with Gasteiger partial charge in [-0.2, -0.15) is 0 Å². The van der Waals surface area contributed by atoms with Gasteiger partial charge < -0.3 is 9.84 Å². The number of fused-ring (bicyclic) bond motifs is 1. The predicted octanol–water partition coefficient (Wildman–Crippen LogP) is 2.20. The molecule has 0 fully saturated rings. The fraction of sp³-hybridized carbons (Fsp3) is 0.308. The van der Waals surface area contributed by atoms with Gasteiger partial charge in [-0.25, -0.2) is 0 Å². The third-order valence-electron chi connectivity index (χ3n) is 3.10. The van der Waals surface area contributed by atoms with Gasteiger partial charge in [-0.3, -0.25) is 9.78 Å². The minimum Gasteiger partial charge on any atom is -0.360 e. The number of nitrogens with one attached hydrogen (secondary N) is 1. The molecule has 5 nitrogen and oxygen atoms in total. The molecule has 1 N–H and O–H groups in total. The molecule has 0 unspecified atom stereocenters. The monoisotopic (exact) mass is 243 g/mol. The molecule has 2 aromatic rings. The van der Waals surface area contributed by atoms with Gasteiger partial charge in [0, 0.05) is 30.1 Å². The number of anilines is 1. The number of nitrogens with zero attached hydrogens (tertiary/aromatic N) is 2. The van der Waals surface area contributed by atoms with Crippen LogP contribution in [0.2, 0.25) is 0 Å². The second-order valence-corrected chi connectivity index (χ2v) is 4.33. The van der Waals surface area contributed by atoms with Crippen molar-refractivity contribution < 1.29 is 9.32 Å². The normalized spacial score (nSPS) is 14.0. The minimum absolute atomic E-state index is 0.215. The second kappa shape index (κ2) is 4.60. The van der Waals surface area contributed by atoms with Crippen LogP contribution in [-0.4, -0.2) is 16.0 Å². The Hall–Kier alpha value is -2.17. The maximum absolute atomic E-state index is 12.1. The molecule has 92 valence electrons. The van der Waals surface area contributed by atoms with Crippen molar-refractivity contribution in [2.45, 2.75) is 25.7 Å². The van der Waals surface area contributed by atoms with Crippen molar-refractivity contribution in [3.63, 3.8) is 0 Å². The number of aryl methyl sites for hydroxylation is 1. The molecule has 0 saturated heterocycles. The number of rotatable bonds is 2. The second-order valence-electron chi connectivity index (χ2n) is 4.33. The molecule has 0 bridgehead atoms. The summed E-state index contributed by atoms with van der Waals surface area (Å²) in [7, 11) is 0. The molecule has 2 heterocycles. The average Bonchev–Trinajstić information content (AvgIpc) is 2.84. The standard InChI is InChI=1S/C13H13N3O2/c17-13(15-9-5-7-14-8-6-9)12-10-3-1-2-4-11(10)18-16-12/h5-8H,1-4H2,(H,14,15,17). The summed E-state index contributed by atoms with van der Waals surface area (Å²) in [5, 5.41) is 6.68. The first-order valence-corrected chi connectivity index (χ1v) is 6.03. The van der Waals surface area contributed by atoms with Gasteiger partial charge in [0.05, 0.1) is 0 Å². The Balaban J connectivity index is 1.83. The van der Waals surface area contributed by atoms with Crippen LogP contribution in [0.5, 0.6) is 0 Å². The molecular formula is C13H13N3O2. The van der Waals surface area contributed by atoms with Crippen LogP contribution in [0.4, 0.5) is 5.69 Å². The highest BCUT2D eigenvalue weighted by Gasteiger charge is 2.23. The van der Waals surface area contributed by atoms with Crippen LogP contribution in [-0.2, 0) is 12.8 Å². The molecule has 3 rings (SSSR count). The Morgan fingerprint density at radius 1 is 1.22 bits per heavy atom. The van der Waals surface area contributed by atoms with Crippen LogP contribution in [0, 0.1) is 0 Å². The Kier molecular flexibility index (Phi) is 2.80. The number of carbonyl (C=O) groups excluding carboxylic acids is 1. The van der Waals surface area contributed by atoms with Crippen LogP contribution in [0.25, 0.3) is 0 Å². The number of hydrogen-bond donors (Lipinski definition) is 1. The summed E-state index contributed by atoms with van der Waals surface area (Å²) >= 11 is 0. The third-order valence-corrected chi connectivity index (χ3v) is 3.10. The summed E-state index contributed by atoms with van der Waals surface area (Å²) in [5.74, 6) is 0.647. The molecule has 0 atom stereocenters. The van der Waals surface area contributed by atoms with Gasteiger partial charge in [-0.05, 0) is 31.4 Å². The summed E-state index contributed by atoms with van der Waals surface area (Å²) < 4.78 is 5.22. The lowest BCUT2D eigenvalue weighted by atomic mass is 9.96. The molecule has 2 aromatic heterocycles. The number of hydrogen-bond acceptors (Lipinski definition) is 4. The van der Waals surface area contributed by atoms with Crippen LogP contribution in [0.1, 0.15) is 34.7 Å². The van der Waals surface area contributed by atoms with E-state index >= 15 is 0 Å². The summed E-state index contributed by atoms with van der Waals surface area (Å²) in [6.45, 7) is 0. The van der Waals surface area contributed by atoms with Crippen molar-refractivity contribution in [3.05, 3.63) is 41.5 Å². The lowest BCUT2D eigenvalue weighted by Crippen LogP contribution is -2.15. The number of carbonyl (C=O) groups is 1. The van der Waals surface area contributed by atoms with Gasteiger partial charge in [-0.1, -0.05) is 5.16 Å². The first-order valence-electron chi connectivity index (χ1n) is 6.03. The number of pyridine rings is 1. The van der Waals surface area contributed by atoms with Crippen molar-refractivity contribution in [2.24, 2.45) is 0 Å². The first kappa shape index (κ1) is 11.0. The number of amides is 1. The fourth-order valence-corrected chi connectivity index (χ4v) is 2.19. The summed E-state index contributed by atoms with van der Waals surface area (Å²) in [6, 6.07) is 3.48. The molecule has 0 spiro atoms. The molecule has 1 amide bonds. The van der Waals surface area contributed by atoms with E-state index in [4.69, 9.17) is 4.52 Å². The predicted molar refractivity (Wildman–Crippen MR) is 65.3 cm³/mol. The quantitative estimate of drug-likeness (QED) is 0.878. The zero-order chi connectivity index (χ0) is 12.4. The van der Waals surface area contributed by atoms with Gasteiger partial charge >= 0.3 is 0 Å². The molecule has 0 aromatic carbocycles. The summed E-state index contributed by atoms with van der Waals surface area (Å²) in [6.07, 6.45) is 7.21. The van der Waals surface area contributed by atoms with Crippen molar-refractivity contribution in [1.82, 2.24) is 10.1 Å². The third kappa shape index (κ3) is 1.99. The average molecular weight is 243 g/mol. The smallest absolute Gasteiger partial charge is 0.278 e. The molecule has 18 heavy (non-hydrogen) atoms.